The third-order valence-corrected chi connectivity index (χ3v) is 3.50. The van der Waals surface area contributed by atoms with Gasteiger partial charge in [-0.05, 0) is 11.4 Å². The van der Waals surface area contributed by atoms with Gasteiger partial charge in [0, 0.05) is 11.1 Å². The van der Waals surface area contributed by atoms with Crippen LogP contribution in [0.2, 0.25) is 0 Å². The maximum Gasteiger partial charge on any atom is 0.197 e. The summed E-state index contributed by atoms with van der Waals surface area (Å²) in [6.07, 6.45) is 1.77. The second-order valence-corrected chi connectivity index (χ2v) is 5.00. The minimum atomic E-state index is 0.581. The van der Waals surface area contributed by atoms with Gasteiger partial charge < -0.3 is 4.74 Å². The Hall–Kier alpha value is -0.950. The fraction of sp³-hybridized carbons (Fsp3) is 0.222. The van der Waals surface area contributed by atoms with Crippen LogP contribution in [0.1, 0.15) is 9.75 Å². The van der Waals surface area contributed by atoms with Gasteiger partial charge in [-0.3, -0.25) is 5.43 Å². The fourth-order valence-electron chi connectivity index (χ4n) is 1.09. The number of hydrazine groups is 1. The molecule has 0 amide bonds. The number of thiazole rings is 1. The summed E-state index contributed by atoms with van der Waals surface area (Å²) in [7, 11) is 0. The molecule has 80 valence electrons. The molecule has 15 heavy (non-hydrogen) atoms. The van der Waals surface area contributed by atoms with Gasteiger partial charge in [0.1, 0.15) is 0 Å². The van der Waals surface area contributed by atoms with E-state index in [2.05, 4.69) is 16.5 Å². The van der Waals surface area contributed by atoms with Crippen LogP contribution in [0.4, 0.5) is 5.13 Å². The Morgan fingerprint density at radius 1 is 1.40 bits per heavy atom. The monoisotopic (exact) mass is 241 g/mol. The van der Waals surface area contributed by atoms with Crippen molar-refractivity contribution in [3.8, 4) is 0 Å². The number of anilines is 1. The van der Waals surface area contributed by atoms with Crippen molar-refractivity contribution < 1.29 is 4.74 Å². The largest absolute Gasteiger partial charge is 0.370 e. The first-order valence-corrected chi connectivity index (χ1v) is 6.09. The molecule has 4 nitrogen and oxygen atoms in total. The predicted molar refractivity (Wildman–Crippen MR) is 62.7 cm³/mol. The molecule has 0 saturated heterocycles. The van der Waals surface area contributed by atoms with E-state index in [1.165, 1.54) is 16.2 Å². The van der Waals surface area contributed by atoms with Crippen molar-refractivity contribution in [3.63, 3.8) is 0 Å². The second kappa shape index (κ2) is 5.22. The van der Waals surface area contributed by atoms with Crippen molar-refractivity contribution in [2.24, 2.45) is 5.84 Å². The van der Waals surface area contributed by atoms with Crippen molar-refractivity contribution in [1.82, 2.24) is 4.98 Å². The van der Waals surface area contributed by atoms with E-state index in [1.54, 1.807) is 17.5 Å². The van der Waals surface area contributed by atoms with E-state index >= 15 is 0 Å². The highest BCUT2D eigenvalue weighted by Crippen LogP contribution is 2.18. The molecule has 0 fully saturated rings. The van der Waals surface area contributed by atoms with Gasteiger partial charge >= 0.3 is 0 Å². The molecule has 2 heterocycles. The number of hydrogen-bond donors (Lipinski definition) is 2. The van der Waals surface area contributed by atoms with Gasteiger partial charge in [-0.1, -0.05) is 17.4 Å². The lowest BCUT2D eigenvalue weighted by atomic mass is 10.5. The first-order valence-electron chi connectivity index (χ1n) is 4.40. The van der Waals surface area contributed by atoms with E-state index in [0.29, 0.717) is 18.3 Å². The molecule has 0 saturated carbocycles. The summed E-state index contributed by atoms with van der Waals surface area (Å²) in [6.45, 7) is 1.23. The molecule has 0 aromatic carbocycles. The van der Waals surface area contributed by atoms with Crippen LogP contribution in [-0.2, 0) is 18.0 Å². The number of ether oxygens (including phenoxy) is 1. The molecule has 0 radical (unpaired) electrons. The molecule has 0 spiro atoms. The number of rotatable bonds is 5. The van der Waals surface area contributed by atoms with Crippen molar-refractivity contribution in [2.45, 2.75) is 13.2 Å². The molecule has 0 aliphatic rings. The van der Waals surface area contributed by atoms with Crippen LogP contribution in [0.25, 0.3) is 0 Å². The highest BCUT2D eigenvalue weighted by molar-refractivity contribution is 7.15. The van der Waals surface area contributed by atoms with E-state index in [4.69, 9.17) is 10.6 Å². The first kappa shape index (κ1) is 10.6. The minimum Gasteiger partial charge on any atom is -0.370 e. The summed E-state index contributed by atoms with van der Waals surface area (Å²) in [4.78, 5) is 6.36. The quantitative estimate of drug-likeness (QED) is 0.622. The lowest BCUT2D eigenvalue weighted by molar-refractivity contribution is 0.111. The summed E-state index contributed by atoms with van der Waals surface area (Å²) in [5.41, 5.74) is 2.51. The molecule has 0 unspecified atom stereocenters. The molecular formula is C9H11N3OS2. The average Bonchev–Trinajstić information content (AvgIpc) is 2.88. The van der Waals surface area contributed by atoms with Gasteiger partial charge in [-0.15, -0.1) is 11.3 Å². The average molecular weight is 241 g/mol. The normalized spacial score (nSPS) is 10.5. The Kier molecular flexibility index (Phi) is 3.68. The molecule has 0 atom stereocenters. The second-order valence-electron chi connectivity index (χ2n) is 2.85. The van der Waals surface area contributed by atoms with Crippen LogP contribution >= 0.6 is 22.7 Å². The van der Waals surface area contributed by atoms with E-state index in [-0.39, 0.29) is 0 Å². The summed E-state index contributed by atoms with van der Waals surface area (Å²) >= 11 is 3.20. The number of nitrogens with two attached hydrogens (primary N) is 1. The number of aromatic nitrogens is 1. The molecule has 0 aliphatic carbocycles. The third-order valence-electron chi connectivity index (χ3n) is 1.75. The lowest BCUT2D eigenvalue weighted by Gasteiger charge is -1.98. The Morgan fingerprint density at radius 2 is 2.27 bits per heavy atom. The Morgan fingerprint density at radius 3 is 2.93 bits per heavy atom. The Labute approximate surface area is 95.7 Å². The molecule has 3 N–H and O–H groups in total. The molecule has 2 aromatic heterocycles. The van der Waals surface area contributed by atoms with Crippen molar-refractivity contribution >= 4 is 27.8 Å². The Bertz CT molecular complexity index is 399. The maximum atomic E-state index is 5.53. The van der Waals surface area contributed by atoms with Gasteiger partial charge in [0.15, 0.2) is 5.13 Å². The molecule has 0 aliphatic heterocycles. The van der Waals surface area contributed by atoms with Crippen molar-refractivity contribution in [2.75, 3.05) is 5.43 Å². The standard InChI is InChI=1S/C9H11N3OS2/c10-12-9-11-4-8(15-9)6-13-5-7-2-1-3-14-7/h1-4H,5-6,10H2,(H,11,12). The summed E-state index contributed by atoms with van der Waals surface area (Å²) in [6, 6.07) is 4.08. The van der Waals surface area contributed by atoms with Crippen LogP contribution in [0.5, 0.6) is 0 Å². The van der Waals surface area contributed by atoms with Crippen LogP contribution in [0.3, 0.4) is 0 Å². The summed E-state index contributed by atoms with van der Waals surface area (Å²) < 4.78 is 5.53. The van der Waals surface area contributed by atoms with Crippen LogP contribution in [0.15, 0.2) is 23.7 Å². The van der Waals surface area contributed by atoms with Gasteiger partial charge in [0.05, 0.1) is 18.1 Å². The number of nitrogens with zero attached hydrogens (tertiary/aromatic N) is 1. The number of thiophene rings is 1. The van der Waals surface area contributed by atoms with Crippen molar-refractivity contribution in [1.29, 1.82) is 0 Å². The van der Waals surface area contributed by atoms with Crippen LogP contribution in [-0.4, -0.2) is 4.98 Å². The van der Waals surface area contributed by atoms with E-state index in [9.17, 15) is 0 Å². The van der Waals surface area contributed by atoms with Gasteiger partial charge in [-0.2, -0.15) is 0 Å². The molecule has 0 bridgehead atoms. The number of hydrogen-bond acceptors (Lipinski definition) is 6. The van der Waals surface area contributed by atoms with Gasteiger partial charge in [0.25, 0.3) is 0 Å². The zero-order chi connectivity index (χ0) is 10.5. The highest BCUT2D eigenvalue weighted by atomic mass is 32.1. The third kappa shape index (κ3) is 3.00. The molecule has 6 heteroatoms. The lowest BCUT2D eigenvalue weighted by Crippen LogP contribution is -2.05. The van der Waals surface area contributed by atoms with Crippen LogP contribution < -0.4 is 11.3 Å². The Balaban J connectivity index is 1.78. The highest BCUT2D eigenvalue weighted by Gasteiger charge is 2.00. The summed E-state index contributed by atoms with van der Waals surface area (Å²) in [5, 5.41) is 2.76. The topological polar surface area (TPSA) is 60.2 Å². The number of nitrogens with one attached hydrogen (secondary N) is 1. The molecule has 2 aromatic rings. The van der Waals surface area contributed by atoms with E-state index in [1.807, 2.05) is 11.4 Å². The molecular weight excluding hydrogens is 230 g/mol. The SMILES string of the molecule is NNc1ncc(COCc2cccs2)s1. The maximum absolute atomic E-state index is 5.53. The summed E-state index contributed by atoms with van der Waals surface area (Å²) in [5.74, 6) is 5.23. The number of nitrogen functional groups attached to an aromatic ring is 1. The van der Waals surface area contributed by atoms with E-state index < -0.39 is 0 Å². The van der Waals surface area contributed by atoms with Gasteiger partial charge in [-0.25, -0.2) is 10.8 Å². The van der Waals surface area contributed by atoms with Crippen LogP contribution in [0, 0.1) is 0 Å². The first-order chi connectivity index (χ1) is 7.38. The predicted octanol–water partition coefficient (Wildman–Crippen LogP) is 2.21. The van der Waals surface area contributed by atoms with Gasteiger partial charge in [0.2, 0.25) is 0 Å². The smallest absolute Gasteiger partial charge is 0.197 e. The zero-order valence-electron chi connectivity index (χ0n) is 7.97. The minimum absolute atomic E-state index is 0.581. The zero-order valence-corrected chi connectivity index (χ0v) is 9.61. The van der Waals surface area contributed by atoms with E-state index in [0.717, 1.165) is 4.88 Å². The molecule has 2 rings (SSSR count). The fourth-order valence-corrected chi connectivity index (χ4v) is 2.39. The van der Waals surface area contributed by atoms with Crippen molar-refractivity contribution in [3.05, 3.63) is 33.5 Å².